The second kappa shape index (κ2) is 9.68. The lowest BCUT2D eigenvalue weighted by Crippen LogP contribution is -2.16. The van der Waals surface area contributed by atoms with Crippen LogP contribution in [0.25, 0.3) is 6.08 Å². The average Bonchev–Trinajstić information content (AvgIpc) is 2.69. The van der Waals surface area contributed by atoms with Gasteiger partial charge in [-0.3, -0.25) is 4.98 Å². The van der Waals surface area contributed by atoms with Crippen molar-refractivity contribution in [2.45, 2.75) is 27.7 Å². The van der Waals surface area contributed by atoms with Crippen LogP contribution in [0, 0.1) is 20.8 Å². The molecule has 8 nitrogen and oxygen atoms in total. The Balaban J connectivity index is 2.38. The molecule has 0 aliphatic heterocycles. The van der Waals surface area contributed by atoms with Gasteiger partial charge in [-0.15, -0.1) is 0 Å². The second-order valence-electron chi connectivity index (χ2n) is 6.06. The highest BCUT2D eigenvalue weighted by Crippen LogP contribution is 2.39. The minimum absolute atomic E-state index is 0.104. The van der Waals surface area contributed by atoms with Crippen molar-refractivity contribution in [3.05, 3.63) is 46.5 Å². The van der Waals surface area contributed by atoms with Crippen LogP contribution < -0.4 is 14.2 Å². The molecule has 0 atom stereocenters. The van der Waals surface area contributed by atoms with Gasteiger partial charge < -0.3 is 18.9 Å². The van der Waals surface area contributed by atoms with Crippen LogP contribution in [0.1, 0.15) is 40.1 Å². The minimum atomic E-state index is -0.676. The molecule has 1 heterocycles. The summed E-state index contributed by atoms with van der Waals surface area (Å²) in [5, 5.41) is 0. The average molecular weight is 400 g/mol. The molecular weight excluding hydrogens is 376 g/mol. The summed E-state index contributed by atoms with van der Waals surface area (Å²) in [7, 11) is 2.87. The monoisotopic (exact) mass is 400 g/mol. The first kappa shape index (κ1) is 21.9. The van der Waals surface area contributed by atoms with E-state index >= 15 is 0 Å². The maximum Gasteiger partial charge on any atom is 0.364 e. The van der Waals surface area contributed by atoms with E-state index in [2.05, 4.69) is 9.97 Å². The number of rotatable bonds is 7. The van der Waals surface area contributed by atoms with Crippen LogP contribution in [0.3, 0.4) is 0 Å². The Morgan fingerprint density at radius 1 is 0.966 bits per heavy atom. The third-order valence-corrected chi connectivity index (χ3v) is 4.05. The van der Waals surface area contributed by atoms with Crippen LogP contribution in [-0.4, -0.2) is 42.7 Å². The van der Waals surface area contributed by atoms with Gasteiger partial charge >= 0.3 is 11.9 Å². The van der Waals surface area contributed by atoms with Crippen molar-refractivity contribution in [1.82, 2.24) is 9.97 Å². The van der Waals surface area contributed by atoms with E-state index in [4.69, 9.17) is 18.9 Å². The molecule has 0 radical (unpaired) electrons. The SMILES string of the molecule is CCOC(=O)/C=C/c1cc(OC)c(OC(=O)c2nc(C)c(C)nc2C)c(OC)c1. The van der Waals surface area contributed by atoms with Crippen molar-refractivity contribution in [3.8, 4) is 17.2 Å². The number of aryl methyl sites for hydroxylation is 3. The summed E-state index contributed by atoms with van der Waals surface area (Å²) >= 11 is 0. The molecule has 0 aliphatic rings. The number of hydrogen-bond acceptors (Lipinski definition) is 8. The number of esters is 2. The van der Waals surface area contributed by atoms with E-state index in [1.165, 1.54) is 20.3 Å². The normalized spacial score (nSPS) is 10.7. The molecule has 1 aromatic carbocycles. The lowest BCUT2D eigenvalue weighted by molar-refractivity contribution is -0.137. The molecule has 0 amide bonds. The fourth-order valence-electron chi connectivity index (χ4n) is 2.50. The molecule has 154 valence electrons. The molecule has 0 N–H and O–H groups in total. The van der Waals surface area contributed by atoms with Crippen LogP contribution in [-0.2, 0) is 9.53 Å². The highest BCUT2D eigenvalue weighted by atomic mass is 16.6. The summed E-state index contributed by atoms with van der Waals surface area (Å²) in [5.41, 5.74) is 2.56. The first-order valence-corrected chi connectivity index (χ1v) is 8.95. The number of nitrogens with zero attached hydrogens (tertiary/aromatic N) is 2. The molecule has 0 unspecified atom stereocenters. The predicted molar refractivity (Wildman–Crippen MR) is 106 cm³/mol. The molecule has 2 rings (SSSR count). The Morgan fingerprint density at radius 2 is 1.55 bits per heavy atom. The van der Waals surface area contributed by atoms with E-state index in [9.17, 15) is 9.59 Å². The summed E-state index contributed by atoms with van der Waals surface area (Å²) < 4.78 is 21.1. The molecular formula is C21H24N2O6. The van der Waals surface area contributed by atoms with E-state index in [0.717, 1.165) is 5.69 Å². The van der Waals surface area contributed by atoms with Gasteiger partial charge in [0.2, 0.25) is 5.75 Å². The molecule has 0 saturated carbocycles. The Kier molecular flexibility index (Phi) is 7.30. The number of methoxy groups -OCH3 is 2. The predicted octanol–water partition coefficient (Wildman–Crippen LogP) is 3.21. The quantitative estimate of drug-likeness (QED) is 0.397. The third-order valence-electron chi connectivity index (χ3n) is 4.05. The number of carbonyl (C=O) groups is 2. The molecule has 8 heteroatoms. The molecule has 0 aliphatic carbocycles. The number of hydrogen-bond donors (Lipinski definition) is 0. The zero-order chi connectivity index (χ0) is 21.6. The van der Waals surface area contributed by atoms with Crippen LogP contribution in [0.15, 0.2) is 18.2 Å². The molecule has 0 fully saturated rings. The number of aromatic nitrogens is 2. The fourth-order valence-corrected chi connectivity index (χ4v) is 2.50. The summed E-state index contributed by atoms with van der Waals surface area (Å²) in [6.45, 7) is 7.28. The maximum atomic E-state index is 12.7. The summed E-state index contributed by atoms with van der Waals surface area (Å²) in [5.74, 6) is -0.520. The van der Waals surface area contributed by atoms with E-state index < -0.39 is 11.9 Å². The zero-order valence-corrected chi connectivity index (χ0v) is 17.4. The van der Waals surface area contributed by atoms with Crippen LogP contribution in [0.2, 0.25) is 0 Å². The summed E-state index contributed by atoms with van der Waals surface area (Å²) in [6.07, 6.45) is 2.84. The zero-order valence-electron chi connectivity index (χ0n) is 17.4. The van der Waals surface area contributed by atoms with Crippen molar-refractivity contribution >= 4 is 18.0 Å². The third kappa shape index (κ3) is 5.31. The van der Waals surface area contributed by atoms with Crippen molar-refractivity contribution in [1.29, 1.82) is 0 Å². The highest BCUT2D eigenvalue weighted by molar-refractivity contribution is 5.91. The van der Waals surface area contributed by atoms with Gasteiger partial charge in [0.15, 0.2) is 17.2 Å². The molecule has 1 aromatic heterocycles. The van der Waals surface area contributed by atoms with E-state index in [1.54, 1.807) is 39.0 Å². The van der Waals surface area contributed by atoms with Crippen molar-refractivity contribution < 1.29 is 28.5 Å². The Bertz CT molecular complexity index is 927. The Hall–Kier alpha value is -3.42. The first-order valence-electron chi connectivity index (χ1n) is 8.95. The van der Waals surface area contributed by atoms with Crippen LogP contribution in [0.4, 0.5) is 0 Å². The molecule has 2 aromatic rings. The van der Waals surface area contributed by atoms with E-state index in [-0.39, 0.29) is 29.5 Å². The van der Waals surface area contributed by atoms with Crippen LogP contribution in [0.5, 0.6) is 17.2 Å². The smallest absolute Gasteiger partial charge is 0.364 e. The van der Waals surface area contributed by atoms with Crippen molar-refractivity contribution in [2.24, 2.45) is 0 Å². The second-order valence-corrected chi connectivity index (χ2v) is 6.06. The van der Waals surface area contributed by atoms with Gasteiger partial charge in [-0.25, -0.2) is 14.6 Å². The maximum absolute atomic E-state index is 12.7. The van der Waals surface area contributed by atoms with Gasteiger partial charge in [0, 0.05) is 6.08 Å². The van der Waals surface area contributed by atoms with Gasteiger partial charge in [0.25, 0.3) is 0 Å². The molecule has 0 bridgehead atoms. The van der Waals surface area contributed by atoms with Gasteiger partial charge in [-0.2, -0.15) is 0 Å². The van der Waals surface area contributed by atoms with Crippen molar-refractivity contribution in [3.63, 3.8) is 0 Å². The van der Waals surface area contributed by atoms with Gasteiger partial charge in [-0.1, -0.05) is 0 Å². The van der Waals surface area contributed by atoms with Crippen molar-refractivity contribution in [2.75, 3.05) is 20.8 Å². The molecule has 0 saturated heterocycles. The topological polar surface area (TPSA) is 96.8 Å². The van der Waals surface area contributed by atoms with E-state index in [0.29, 0.717) is 17.0 Å². The fraction of sp³-hybridized carbons (Fsp3) is 0.333. The van der Waals surface area contributed by atoms with Gasteiger partial charge in [0.05, 0.1) is 37.9 Å². The molecule has 0 spiro atoms. The summed E-state index contributed by atoms with van der Waals surface area (Å²) in [4.78, 5) is 32.8. The number of benzene rings is 1. The standard InChI is InChI=1S/C21H24N2O6/c1-7-28-18(24)9-8-15-10-16(26-5)20(17(11-15)27-6)29-21(25)19-14(4)22-12(2)13(3)23-19/h8-11H,7H2,1-6H3/b9-8+. The highest BCUT2D eigenvalue weighted by Gasteiger charge is 2.22. The molecule has 29 heavy (non-hydrogen) atoms. The minimum Gasteiger partial charge on any atom is -0.493 e. The number of carbonyl (C=O) groups excluding carboxylic acids is 2. The Morgan fingerprint density at radius 3 is 2.10 bits per heavy atom. The largest absolute Gasteiger partial charge is 0.493 e. The lowest BCUT2D eigenvalue weighted by atomic mass is 10.1. The van der Waals surface area contributed by atoms with Gasteiger partial charge in [-0.05, 0) is 51.5 Å². The summed E-state index contributed by atoms with van der Waals surface area (Å²) in [6, 6.07) is 3.22. The Labute approximate surface area is 169 Å². The number of ether oxygens (including phenoxy) is 4. The van der Waals surface area contributed by atoms with Crippen LogP contribution >= 0.6 is 0 Å². The lowest BCUT2D eigenvalue weighted by Gasteiger charge is -2.15. The first-order chi connectivity index (χ1) is 13.8. The van der Waals surface area contributed by atoms with E-state index in [1.807, 2.05) is 6.92 Å². The van der Waals surface area contributed by atoms with Gasteiger partial charge in [0.1, 0.15) is 0 Å².